The molecule has 0 bridgehead atoms. The summed E-state index contributed by atoms with van der Waals surface area (Å²) in [5.74, 6) is 0.446. The monoisotopic (exact) mass is 345 g/mol. The number of ether oxygens (including phenoxy) is 1. The molecule has 24 heavy (non-hydrogen) atoms. The highest BCUT2D eigenvalue weighted by molar-refractivity contribution is 6.32. The first-order valence-corrected chi connectivity index (χ1v) is 8.72. The lowest BCUT2D eigenvalue weighted by Crippen LogP contribution is -2.38. The van der Waals surface area contributed by atoms with E-state index < -0.39 is 6.10 Å². The standard InChI is InChI=1S/C20H24ClNO2/c1-3-18(24-19-9-5-4-8-17(19)21)20(23)22-14-6-7-16-12-10-15(2)11-13-16/h4-5,8-13,18H,3,6-7,14H2,1-2H3,(H,22,23). The molecule has 1 N–H and O–H groups in total. The van der Waals surface area contributed by atoms with E-state index in [4.69, 9.17) is 16.3 Å². The third-order valence-corrected chi connectivity index (χ3v) is 4.14. The summed E-state index contributed by atoms with van der Waals surface area (Å²) in [4.78, 5) is 12.3. The van der Waals surface area contributed by atoms with Crippen molar-refractivity contribution < 1.29 is 9.53 Å². The fourth-order valence-corrected chi connectivity index (χ4v) is 2.57. The van der Waals surface area contributed by atoms with Crippen molar-refractivity contribution in [1.29, 1.82) is 0 Å². The number of nitrogens with one attached hydrogen (secondary N) is 1. The molecule has 2 aromatic rings. The Bertz CT molecular complexity index is 655. The number of hydrogen-bond acceptors (Lipinski definition) is 2. The van der Waals surface area contributed by atoms with Crippen molar-refractivity contribution in [3.63, 3.8) is 0 Å². The first kappa shape index (κ1) is 18.3. The van der Waals surface area contributed by atoms with Gasteiger partial charge < -0.3 is 10.1 Å². The van der Waals surface area contributed by atoms with Crippen LogP contribution < -0.4 is 10.1 Å². The van der Waals surface area contributed by atoms with Crippen LogP contribution in [0.5, 0.6) is 5.75 Å². The number of carbonyl (C=O) groups excluding carboxylic acids is 1. The van der Waals surface area contributed by atoms with Crippen LogP contribution in [-0.2, 0) is 11.2 Å². The summed E-state index contributed by atoms with van der Waals surface area (Å²) in [6.45, 7) is 4.64. The molecule has 1 atom stereocenters. The van der Waals surface area contributed by atoms with E-state index in [1.54, 1.807) is 12.1 Å². The average Bonchev–Trinajstić information content (AvgIpc) is 2.59. The highest BCUT2D eigenvalue weighted by Crippen LogP contribution is 2.24. The molecule has 3 nitrogen and oxygen atoms in total. The Hall–Kier alpha value is -2.00. The van der Waals surface area contributed by atoms with Gasteiger partial charge in [-0.15, -0.1) is 0 Å². The van der Waals surface area contributed by atoms with Crippen molar-refractivity contribution in [2.24, 2.45) is 0 Å². The van der Waals surface area contributed by atoms with E-state index in [1.807, 2.05) is 19.1 Å². The average molecular weight is 346 g/mol. The number of para-hydroxylation sites is 1. The minimum absolute atomic E-state index is 0.0960. The Kier molecular flexibility index (Phi) is 7.13. The van der Waals surface area contributed by atoms with Crippen molar-refractivity contribution in [3.05, 3.63) is 64.7 Å². The molecular formula is C20H24ClNO2. The van der Waals surface area contributed by atoms with Crippen LogP contribution in [0.1, 0.15) is 30.9 Å². The molecule has 0 fully saturated rings. The van der Waals surface area contributed by atoms with E-state index in [2.05, 4.69) is 36.5 Å². The topological polar surface area (TPSA) is 38.3 Å². The van der Waals surface area contributed by atoms with Gasteiger partial charge in [-0.25, -0.2) is 0 Å². The SMILES string of the molecule is CCC(Oc1ccccc1Cl)C(=O)NCCCc1ccc(C)cc1. The second-order valence-corrected chi connectivity index (χ2v) is 6.23. The third kappa shape index (κ3) is 5.57. The fourth-order valence-electron chi connectivity index (χ4n) is 2.39. The fraction of sp³-hybridized carbons (Fsp3) is 0.350. The molecule has 0 aliphatic heterocycles. The molecule has 1 unspecified atom stereocenters. The van der Waals surface area contributed by atoms with Crippen LogP contribution in [0.3, 0.4) is 0 Å². The molecule has 0 heterocycles. The maximum absolute atomic E-state index is 12.3. The second kappa shape index (κ2) is 9.33. The first-order valence-electron chi connectivity index (χ1n) is 8.34. The van der Waals surface area contributed by atoms with Crippen molar-refractivity contribution in [2.45, 2.75) is 39.2 Å². The lowest BCUT2D eigenvalue weighted by Gasteiger charge is -2.18. The molecule has 128 valence electrons. The lowest BCUT2D eigenvalue weighted by atomic mass is 10.1. The van der Waals surface area contributed by atoms with E-state index in [1.165, 1.54) is 11.1 Å². The molecular weight excluding hydrogens is 322 g/mol. The molecule has 2 aromatic carbocycles. The number of benzene rings is 2. The number of rotatable bonds is 8. The normalized spacial score (nSPS) is 11.8. The van der Waals surface area contributed by atoms with Crippen molar-refractivity contribution in [2.75, 3.05) is 6.54 Å². The van der Waals surface area contributed by atoms with Crippen LogP contribution in [0.4, 0.5) is 0 Å². The highest BCUT2D eigenvalue weighted by atomic mass is 35.5. The number of amides is 1. The van der Waals surface area contributed by atoms with Gasteiger partial charge in [0, 0.05) is 6.54 Å². The van der Waals surface area contributed by atoms with Gasteiger partial charge in [0.15, 0.2) is 6.10 Å². The predicted molar refractivity (Wildman–Crippen MR) is 98.7 cm³/mol. The summed E-state index contributed by atoms with van der Waals surface area (Å²) in [5, 5.41) is 3.46. The summed E-state index contributed by atoms with van der Waals surface area (Å²) in [6, 6.07) is 15.7. The number of aryl methyl sites for hydroxylation is 2. The van der Waals surface area contributed by atoms with Gasteiger partial charge in [-0.2, -0.15) is 0 Å². The predicted octanol–water partition coefficient (Wildman–Crippen LogP) is 4.55. The molecule has 0 saturated carbocycles. The summed E-state index contributed by atoms with van der Waals surface area (Å²) >= 11 is 6.08. The molecule has 4 heteroatoms. The number of halogens is 1. The van der Waals surface area contributed by atoms with Crippen LogP contribution in [0, 0.1) is 6.92 Å². The third-order valence-electron chi connectivity index (χ3n) is 3.83. The molecule has 0 aliphatic carbocycles. The van der Waals surface area contributed by atoms with E-state index in [-0.39, 0.29) is 5.91 Å². The largest absolute Gasteiger partial charge is 0.479 e. The Morgan fingerprint density at radius 2 is 1.88 bits per heavy atom. The summed E-state index contributed by atoms with van der Waals surface area (Å²) in [5.41, 5.74) is 2.55. The number of hydrogen-bond donors (Lipinski definition) is 1. The molecule has 0 spiro atoms. The van der Waals surface area contributed by atoms with Gasteiger partial charge in [0.25, 0.3) is 5.91 Å². The zero-order chi connectivity index (χ0) is 17.4. The Balaban J connectivity index is 1.77. The molecule has 0 aliphatic rings. The molecule has 0 aromatic heterocycles. The quantitative estimate of drug-likeness (QED) is 0.712. The zero-order valence-corrected chi connectivity index (χ0v) is 15.0. The van der Waals surface area contributed by atoms with Crippen LogP contribution in [0.25, 0.3) is 0 Å². The van der Waals surface area contributed by atoms with E-state index >= 15 is 0 Å². The Morgan fingerprint density at radius 3 is 2.54 bits per heavy atom. The van der Waals surface area contributed by atoms with Crippen LogP contribution in [-0.4, -0.2) is 18.6 Å². The Labute approximate surface area is 149 Å². The molecule has 2 rings (SSSR count). The van der Waals surface area contributed by atoms with Gasteiger partial charge in [0.05, 0.1) is 5.02 Å². The minimum atomic E-state index is -0.524. The van der Waals surface area contributed by atoms with Gasteiger partial charge in [-0.05, 0) is 43.9 Å². The van der Waals surface area contributed by atoms with Crippen molar-refractivity contribution >= 4 is 17.5 Å². The van der Waals surface area contributed by atoms with Crippen LogP contribution >= 0.6 is 11.6 Å². The minimum Gasteiger partial charge on any atom is -0.479 e. The maximum atomic E-state index is 12.3. The highest BCUT2D eigenvalue weighted by Gasteiger charge is 2.18. The van der Waals surface area contributed by atoms with Crippen molar-refractivity contribution in [1.82, 2.24) is 5.32 Å². The van der Waals surface area contributed by atoms with Crippen molar-refractivity contribution in [3.8, 4) is 5.75 Å². The van der Waals surface area contributed by atoms with Gasteiger partial charge in [0.1, 0.15) is 5.75 Å². The first-order chi connectivity index (χ1) is 11.6. The number of carbonyl (C=O) groups is 1. The second-order valence-electron chi connectivity index (χ2n) is 5.83. The molecule has 0 saturated heterocycles. The Morgan fingerprint density at radius 1 is 1.17 bits per heavy atom. The van der Waals surface area contributed by atoms with Gasteiger partial charge in [-0.3, -0.25) is 4.79 Å². The zero-order valence-electron chi connectivity index (χ0n) is 14.2. The van der Waals surface area contributed by atoms with E-state index in [0.29, 0.717) is 23.7 Å². The molecule has 1 amide bonds. The lowest BCUT2D eigenvalue weighted by molar-refractivity contribution is -0.128. The van der Waals surface area contributed by atoms with Gasteiger partial charge in [-0.1, -0.05) is 60.5 Å². The van der Waals surface area contributed by atoms with E-state index in [9.17, 15) is 4.79 Å². The summed E-state index contributed by atoms with van der Waals surface area (Å²) < 4.78 is 5.74. The van der Waals surface area contributed by atoms with Crippen LogP contribution in [0.2, 0.25) is 5.02 Å². The van der Waals surface area contributed by atoms with Gasteiger partial charge in [0.2, 0.25) is 0 Å². The van der Waals surface area contributed by atoms with Crippen LogP contribution in [0.15, 0.2) is 48.5 Å². The van der Waals surface area contributed by atoms with Gasteiger partial charge >= 0.3 is 0 Å². The maximum Gasteiger partial charge on any atom is 0.261 e. The summed E-state index contributed by atoms with van der Waals surface area (Å²) in [6.07, 6.45) is 1.92. The molecule has 0 radical (unpaired) electrons. The smallest absolute Gasteiger partial charge is 0.261 e. The summed E-state index contributed by atoms with van der Waals surface area (Å²) in [7, 11) is 0. The van der Waals surface area contributed by atoms with E-state index in [0.717, 1.165) is 12.8 Å².